The van der Waals surface area contributed by atoms with Crippen LogP contribution in [0.2, 0.25) is 0 Å². The van der Waals surface area contributed by atoms with Crippen LogP contribution < -0.4 is 5.73 Å². The molecule has 2 saturated carbocycles. The third-order valence-electron chi connectivity index (χ3n) is 12.9. The van der Waals surface area contributed by atoms with Crippen molar-refractivity contribution in [3.8, 4) is 0 Å². The van der Waals surface area contributed by atoms with E-state index in [1.54, 1.807) is 0 Å². The Morgan fingerprint density at radius 1 is 0.686 bits per heavy atom. The van der Waals surface area contributed by atoms with Crippen molar-refractivity contribution in [1.29, 1.82) is 0 Å². The van der Waals surface area contributed by atoms with E-state index in [4.69, 9.17) is 15.2 Å². The number of carbonyl (C=O) groups excluding carboxylic acids is 3. The van der Waals surface area contributed by atoms with Gasteiger partial charge in [-0.15, -0.1) is 0 Å². The maximum atomic E-state index is 13.2. The van der Waals surface area contributed by atoms with Gasteiger partial charge >= 0.3 is 11.9 Å². The molecule has 0 aliphatic heterocycles. The van der Waals surface area contributed by atoms with E-state index in [9.17, 15) is 14.4 Å². The molecule has 6 heteroatoms. The fourth-order valence-corrected chi connectivity index (χ4v) is 10.1. The van der Waals surface area contributed by atoms with Crippen molar-refractivity contribution in [3.63, 3.8) is 0 Å². The van der Waals surface area contributed by atoms with Crippen LogP contribution in [-0.2, 0) is 23.9 Å². The molecule has 0 spiro atoms. The summed E-state index contributed by atoms with van der Waals surface area (Å²) in [5, 5.41) is 0. The molecule has 0 amide bonds. The van der Waals surface area contributed by atoms with Crippen LogP contribution in [0.15, 0.2) is 0 Å². The quantitative estimate of drug-likeness (QED) is 0.0423. The van der Waals surface area contributed by atoms with Gasteiger partial charge in [-0.25, -0.2) is 0 Å². The first-order valence-corrected chi connectivity index (χ1v) is 22.2. The maximum absolute atomic E-state index is 13.2. The smallest absolute Gasteiger partial charge is 0.305 e. The van der Waals surface area contributed by atoms with Crippen LogP contribution in [0.5, 0.6) is 0 Å². The first-order valence-electron chi connectivity index (χ1n) is 22.2. The SMILES string of the molecule is CCCCCC(CCCCC)CCOC(=O)CCC1(CN)CC2CC(CCC=O)CC(CCC(=O)OCCC(CCCCC)CCCCC)(C2)C1. The molecule has 51 heavy (non-hydrogen) atoms. The fraction of sp³-hybridized carbons (Fsp3) is 0.933. The molecule has 2 rings (SSSR count). The van der Waals surface area contributed by atoms with Gasteiger partial charge in [0.25, 0.3) is 0 Å². The molecule has 0 aromatic heterocycles. The largest absolute Gasteiger partial charge is 0.466 e. The van der Waals surface area contributed by atoms with Crippen molar-refractivity contribution in [2.75, 3.05) is 19.8 Å². The average molecular weight is 718 g/mol. The van der Waals surface area contributed by atoms with E-state index in [2.05, 4.69) is 27.7 Å². The third kappa shape index (κ3) is 18.9. The van der Waals surface area contributed by atoms with Crippen LogP contribution in [0.4, 0.5) is 0 Å². The van der Waals surface area contributed by atoms with Crippen LogP contribution >= 0.6 is 0 Å². The van der Waals surface area contributed by atoms with Crippen molar-refractivity contribution < 1.29 is 23.9 Å². The summed E-state index contributed by atoms with van der Waals surface area (Å²) in [4.78, 5) is 37.6. The predicted molar refractivity (Wildman–Crippen MR) is 212 cm³/mol. The number of carbonyl (C=O) groups is 3. The van der Waals surface area contributed by atoms with Gasteiger partial charge in [0.05, 0.1) is 13.2 Å². The normalized spacial score (nSPS) is 23.1. The van der Waals surface area contributed by atoms with Gasteiger partial charge in [0.1, 0.15) is 6.29 Å². The van der Waals surface area contributed by atoms with E-state index >= 15 is 0 Å². The lowest BCUT2D eigenvalue weighted by Gasteiger charge is -2.56. The van der Waals surface area contributed by atoms with Crippen LogP contribution in [0, 0.1) is 34.5 Å². The van der Waals surface area contributed by atoms with Gasteiger partial charge < -0.3 is 20.0 Å². The second kappa shape index (κ2) is 27.2. The van der Waals surface area contributed by atoms with Gasteiger partial charge in [-0.2, -0.15) is 0 Å². The molecule has 2 aliphatic carbocycles. The third-order valence-corrected chi connectivity index (χ3v) is 12.9. The summed E-state index contributed by atoms with van der Waals surface area (Å²) in [5.74, 6) is 2.20. The van der Waals surface area contributed by atoms with E-state index < -0.39 is 0 Å². The standard InChI is InChI=1S/C45H83NO5/c1-5-9-13-18-38(19-14-10-6-2)25-30-50-42(48)23-27-44-33-40(22-17-29-47)32-41(34-44)35-45(36-44,37-46)28-24-43(49)51-31-26-39(20-15-11-7-3)21-16-12-8-4/h29,38-41H,5-28,30-37,46H2,1-4H3. The zero-order valence-electron chi connectivity index (χ0n) is 34.1. The highest BCUT2D eigenvalue weighted by Gasteiger charge is 2.51. The monoisotopic (exact) mass is 718 g/mol. The highest BCUT2D eigenvalue weighted by molar-refractivity contribution is 5.69. The van der Waals surface area contributed by atoms with Crippen LogP contribution in [-0.4, -0.2) is 38.0 Å². The highest BCUT2D eigenvalue weighted by atomic mass is 16.5. The lowest BCUT2D eigenvalue weighted by Crippen LogP contribution is -2.48. The molecule has 6 nitrogen and oxygen atoms in total. The van der Waals surface area contributed by atoms with Crippen molar-refractivity contribution in [2.45, 2.75) is 214 Å². The Morgan fingerprint density at radius 2 is 1.18 bits per heavy atom. The van der Waals surface area contributed by atoms with E-state index in [0.29, 0.717) is 62.7 Å². The molecule has 2 N–H and O–H groups in total. The molecule has 298 valence electrons. The number of aldehydes is 1. The van der Waals surface area contributed by atoms with E-state index in [1.807, 2.05) is 0 Å². The Kier molecular flexibility index (Phi) is 24.4. The van der Waals surface area contributed by atoms with Gasteiger partial charge in [-0.3, -0.25) is 9.59 Å². The lowest BCUT2D eigenvalue weighted by molar-refractivity contribution is -0.146. The number of fused-ring (bicyclic) bond motifs is 2. The molecule has 4 unspecified atom stereocenters. The van der Waals surface area contributed by atoms with Gasteiger partial charge in [-0.05, 0) is 105 Å². The number of ether oxygens (including phenoxy) is 2. The van der Waals surface area contributed by atoms with E-state index in [1.165, 1.54) is 103 Å². The van der Waals surface area contributed by atoms with Crippen molar-refractivity contribution in [2.24, 2.45) is 40.2 Å². The highest BCUT2D eigenvalue weighted by Crippen LogP contribution is 2.60. The van der Waals surface area contributed by atoms with Crippen LogP contribution in [0.3, 0.4) is 0 Å². The van der Waals surface area contributed by atoms with Crippen molar-refractivity contribution >= 4 is 18.2 Å². The number of unbranched alkanes of at least 4 members (excludes halogenated alkanes) is 8. The predicted octanol–water partition coefficient (Wildman–Crippen LogP) is 12.1. The first-order chi connectivity index (χ1) is 24.8. The minimum absolute atomic E-state index is 0.0179. The summed E-state index contributed by atoms with van der Waals surface area (Å²) in [6, 6.07) is 0. The molecule has 0 aromatic carbocycles. The molecule has 2 aliphatic rings. The van der Waals surface area contributed by atoms with Gasteiger partial charge in [-0.1, -0.05) is 130 Å². The molecule has 0 radical (unpaired) electrons. The Labute approximate surface area is 315 Å². The summed E-state index contributed by atoms with van der Waals surface area (Å²) in [6.45, 7) is 10.7. The second-order valence-electron chi connectivity index (χ2n) is 17.4. The Bertz CT molecular complexity index is 904. The molecule has 2 fully saturated rings. The number of hydrogen-bond acceptors (Lipinski definition) is 6. The van der Waals surface area contributed by atoms with Crippen molar-refractivity contribution in [1.82, 2.24) is 0 Å². The Hall–Kier alpha value is -1.43. The number of hydrogen-bond donors (Lipinski definition) is 1. The molecule has 2 bridgehead atoms. The zero-order valence-corrected chi connectivity index (χ0v) is 34.1. The van der Waals surface area contributed by atoms with Crippen LogP contribution in [0.1, 0.15) is 214 Å². The summed E-state index contributed by atoms with van der Waals surface area (Å²) in [7, 11) is 0. The number of rotatable bonds is 32. The summed E-state index contributed by atoms with van der Waals surface area (Å²) >= 11 is 0. The molecular formula is C45H83NO5. The lowest BCUT2D eigenvalue weighted by atomic mass is 9.49. The fourth-order valence-electron chi connectivity index (χ4n) is 10.1. The summed E-state index contributed by atoms with van der Waals surface area (Å²) in [6.07, 6.45) is 32.5. The molecule has 4 atom stereocenters. The minimum Gasteiger partial charge on any atom is -0.466 e. The molecule has 0 saturated heterocycles. The maximum Gasteiger partial charge on any atom is 0.305 e. The summed E-state index contributed by atoms with van der Waals surface area (Å²) in [5.41, 5.74) is 6.52. The second-order valence-corrected chi connectivity index (χ2v) is 17.4. The topological polar surface area (TPSA) is 95.7 Å². The van der Waals surface area contributed by atoms with Crippen molar-refractivity contribution in [3.05, 3.63) is 0 Å². The number of esters is 2. The minimum atomic E-state index is -0.103. The average Bonchev–Trinajstić information content (AvgIpc) is 3.12. The Balaban J connectivity index is 1.96. The van der Waals surface area contributed by atoms with Gasteiger partial charge in [0, 0.05) is 19.3 Å². The first kappa shape index (κ1) is 45.7. The van der Waals surface area contributed by atoms with Crippen LogP contribution in [0.25, 0.3) is 0 Å². The van der Waals surface area contributed by atoms with E-state index in [0.717, 1.165) is 70.5 Å². The van der Waals surface area contributed by atoms with Gasteiger partial charge in [0.2, 0.25) is 0 Å². The van der Waals surface area contributed by atoms with E-state index in [-0.39, 0.29) is 22.8 Å². The summed E-state index contributed by atoms with van der Waals surface area (Å²) < 4.78 is 11.8. The molecule has 0 heterocycles. The Morgan fingerprint density at radius 3 is 1.63 bits per heavy atom. The molecular weight excluding hydrogens is 634 g/mol. The molecule has 0 aromatic rings. The van der Waals surface area contributed by atoms with Gasteiger partial charge in [0.15, 0.2) is 0 Å². The zero-order chi connectivity index (χ0) is 37.2. The number of nitrogens with two attached hydrogens (primary N) is 1.